The molecule has 0 amide bonds. The zero-order valence-electron chi connectivity index (χ0n) is 9.00. The maximum absolute atomic E-state index is 5.94. The molecule has 15 heavy (non-hydrogen) atoms. The molecule has 0 spiro atoms. The van der Waals surface area contributed by atoms with Gasteiger partial charge in [-0.1, -0.05) is 18.5 Å². The van der Waals surface area contributed by atoms with Gasteiger partial charge in [0.25, 0.3) is 0 Å². The van der Waals surface area contributed by atoms with E-state index in [0.29, 0.717) is 11.8 Å². The van der Waals surface area contributed by atoms with Crippen molar-refractivity contribution in [3.8, 4) is 5.75 Å². The molecule has 0 heterocycles. The summed E-state index contributed by atoms with van der Waals surface area (Å²) in [5.41, 5.74) is 5.67. The van der Waals surface area contributed by atoms with Crippen molar-refractivity contribution < 1.29 is 4.74 Å². The molecule has 2 N–H and O–H groups in total. The van der Waals surface area contributed by atoms with Crippen LogP contribution in [0.5, 0.6) is 5.75 Å². The van der Waals surface area contributed by atoms with Crippen LogP contribution >= 0.6 is 23.4 Å². The first-order valence-corrected chi connectivity index (χ1v) is 6.17. The largest absolute Gasteiger partial charge is 0.496 e. The molecule has 0 bridgehead atoms. The predicted molar refractivity (Wildman–Crippen MR) is 67.0 cm³/mol. The fourth-order valence-electron chi connectivity index (χ4n) is 1.22. The first-order valence-electron chi connectivity index (χ1n) is 4.91. The molecule has 0 fully saturated rings. The number of methoxy groups -OCH3 is 1. The third-order valence-electron chi connectivity index (χ3n) is 2.14. The molecule has 1 aromatic carbocycles. The first-order chi connectivity index (χ1) is 7.21. The van der Waals surface area contributed by atoms with Crippen molar-refractivity contribution in [2.75, 3.05) is 13.7 Å². The molecule has 0 radical (unpaired) electrons. The summed E-state index contributed by atoms with van der Waals surface area (Å²) in [5.74, 6) is 0.858. The second kappa shape index (κ2) is 6.26. The minimum Gasteiger partial charge on any atom is -0.496 e. The monoisotopic (exact) mass is 245 g/mol. The van der Waals surface area contributed by atoms with Gasteiger partial charge in [0, 0.05) is 16.8 Å². The maximum Gasteiger partial charge on any atom is 0.132 e. The van der Waals surface area contributed by atoms with Gasteiger partial charge in [-0.05, 0) is 24.6 Å². The Hall–Kier alpha value is -0.380. The van der Waals surface area contributed by atoms with Crippen LogP contribution in [0.4, 0.5) is 0 Å². The molecule has 0 saturated heterocycles. The number of thioether (sulfide) groups is 1. The summed E-state index contributed by atoms with van der Waals surface area (Å²) in [6, 6.07) is 5.63. The fourth-order valence-corrected chi connectivity index (χ4v) is 2.54. The average molecular weight is 246 g/mol. The summed E-state index contributed by atoms with van der Waals surface area (Å²) in [7, 11) is 1.66. The van der Waals surface area contributed by atoms with E-state index >= 15 is 0 Å². The van der Waals surface area contributed by atoms with Crippen molar-refractivity contribution in [2.24, 2.45) is 5.73 Å². The lowest BCUT2D eigenvalue weighted by molar-refractivity contribution is 0.404. The van der Waals surface area contributed by atoms with Crippen molar-refractivity contribution in [3.05, 3.63) is 23.2 Å². The highest BCUT2D eigenvalue weighted by atomic mass is 35.5. The van der Waals surface area contributed by atoms with Crippen molar-refractivity contribution in [1.29, 1.82) is 0 Å². The Labute approximate surface area is 100 Å². The van der Waals surface area contributed by atoms with E-state index in [9.17, 15) is 0 Å². The lowest BCUT2D eigenvalue weighted by Gasteiger charge is -2.14. The minimum atomic E-state index is 0.414. The van der Waals surface area contributed by atoms with Gasteiger partial charge in [-0.25, -0.2) is 0 Å². The number of hydrogen-bond donors (Lipinski definition) is 1. The van der Waals surface area contributed by atoms with Crippen molar-refractivity contribution in [3.63, 3.8) is 0 Å². The molecule has 0 aliphatic heterocycles. The van der Waals surface area contributed by atoms with E-state index in [-0.39, 0.29) is 0 Å². The predicted octanol–water partition coefficient (Wildman–Crippen LogP) is 3.18. The fraction of sp³-hybridized carbons (Fsp3) is 0.455. The SMILES string of the molecule is CCC(CN)Sc1cc(Cl)ccc1OC. The molecule has 1 atom stereocenters. The van der Waals surface area contributed by atoms with Gasteiger partial charge in [0.15, 0.2) is 0 Å². The van der Waals surface area contributed by atoms with Gasteiger partial charge in [0.2, 0.25) is 0 Å². The molecular formula is C11H16ClNOS. The third-order valence-corrected chi connectivity index (χ3v) is 3.80. The van der Waals surface area contributed by atoms with E-state index < -0.39 is 0 Å². The molecule has 1 aromatic rings. The van der Waals surface area contributed by atoms with Crippen LogP contribution in [0.1, 0.15) is 13.3 Å². The first kappa shape index (κ1) is 12.7. The number of hydrogen-bond acceptors (Lipinski definition) is 3. The lowest BCUT2D eigenvalue weighted by Crippen LogP contribution is -2.15. The minimum absolute atomic E-state index is 0.414. The Morgan fingerprint density at radius 3 is 2.80 bits per heavy atom. The Bertz CT molecular complexity index is 315. The average Bonchev–Trinajstić information content (AvgIpc) is 2.26. The highest BCUT2D eigenvalue weighted by Gasteiger charge is 2.10. The molecule has 0 saturated carbocycles. The zero-order chi connectivity index (χ0) is 11.3. The molecule has 1 unspecified atom stereocenters. The quantitative estimate of drug-likeness (QED) is 0.810. The van der Waals surface area contributed by atoms with Crippen LogP contribution in [0.3, 0.4) is 0 Å². The van der Waals surface area contributed by atoms with Crippen LogP contribution in [0.25, 0.3) is 0 Å². The molecule has 1 rings (SSSR count). The normalized spacial score (nSPS) is 12.5. The third kappa shape index (κ3) is 3.59. The second-order valence-corrected chi connectivity index (χ2v) is 4.96. The van der Waals surface area contributed by atoms with E-state index in [1.807, 2.05) is 18.2 Å². The number of benzene rings is 1. The molecule has 84 valence electrons. The summed E-state index contributed by atoms with van der Waals surface area (Å²) in [5, 5.41) is 1.14. The highest BCUT2D eigenvalue weighted by Crippen LogP contribution is 2.34. The maximum atomic E-state index is 5.94. The second-order valence-electron chi connectivity index (χ2n) is 3.18. The molecular weight excluding hydrogens is 230 g/mol. The van der Waals surface area contributed by atoms with Crippen LogP contribution in [-0.4, -0.2) is 18.9 Å². The van der Waals surface area contributed by atoms with Crippen LogP contribution in [-0.2, 0) is 0 Å². The zero-order valence-corrected chi connectivity index (χ0v) is 10.6. The summed E-state index contributed by atoms with van der Waals surface area (Å²) in [6.07, 6.45) is 1.04. The lowest BCUT2D eigenvalue weighted by atomic mass is 10.3. The summed E-state index contributed by atoms with van der Waals surface area (Å²) < 4.78 is 5.27. The molecule has 0 aliphatic carbocycles. The van der Waals surface area contributed by atoms with E-state index in [1.165, 1.54) is 0 Å². The van der Waals surface area contributed by atoms with E-state index in [4.69, 9.17) is 22.1 Å². The van der Waals surface area contributed by atoms with E-state index in [1.54, 1.807) is 18.9 Å². The number of rotatable bonds is 5. The Kier molecular flexibility index (Phi) is 5.29. The Morgan fingerprint density at radius 1 is 1.53 bits per heavy atom. The van der Waals surface area contributed by atoms with Gasteiger partial charge in [-0.3, -0.25) is 0 Å². The Morgan fingerprint density at radius 2 is 2.27 bits per heavy atom. The Balaban J connectivity index is 2.86. The highest BCUT2D eigenvalue weighted by molar-refractivity contribution is 8.00. The van der Waals surface area contributed by atoms with Crippen LogP contribution in [0.2, 0.25) is 5.02 Å². The number of nitrogens with two attached hydrogens (primary N) is 1. The standard InChI is InChI=1S/C11H16ClNOS/c1-3-9(7-13)15-11-6-8(12)4-5-10(11)14-2/h4-6,9H,3,7,13H2,1-2H3. The van der Waals surface area contributed by atoms with Gasteiger partial charge in [0.05, 0.1) is 12.0 Å². The topological polar surface area (TPSA) is 35.2 Å². The smallest absolute Gasteiger partial charge is 0.132 e. The summed E-state index contributed by atoms with van der Waals surface area (Å²) >= 11 is 7.66. The van der Waals surface area contributed by atoms with Gasteiger partial charge in [-0.15, -0.1) is 11.8 Å². The van der Waals surface area contributed by atoms with E-state index in [0.717, 1.165) is 22.1 Å². The molecule has 0 aromatic heterocycles. The van der Waals surface area contributed by atoms with E-state index in [2.05, 4.69) is 6.92 Å². The molecule has 0 aliphatic rings. The van der Waals surface area contributed by atoms with Gasteiger partial charge in [0.1, 0.15) is 5.75 Å². The van der Waals surface area contributed by atoms with Crippen LogP contribution < -0.4 is 10.5 Å². The van der Waals surface area contributed by atoms with Crippen LogP contribution in [0.15, 0.2) is 23.1 Å². The van der Waals surface area contributed by atoms with Crippen molar-refractivity contribution in [2.45, 2.75) is 23.5 Å². The van der Waals surface area contributed by atoms with Crippen molar-refractivity contribution >= 4 is 23.4 Å². The number of ether oxygens (including phenoxy) is 1. The van der Waals surface area contributed by atoms with Gasteiger partial charge < -0.3 is 10.5 Å². The van der Waals surface area contributed by atoms with Crippen LogP contribution in [0, 0.1) is 0 Å². The molecule has 4 heteroatoms. The van der Waals surface area contributed by atoms with Gasteiger partial charge in [-0.2, -0.15) is 0 Å². The molecule has 2 nitrogen and oxygen atoms in total. The summed E-state index contributed by atoms with van der Waals surface area (Å²) in [6.45, 7) is 2.79. The summed E-state index contributed by atoms with van der Waals surface area (Å²) in [4.78, 5) is 1.06. The van der Waals surface area contributed by atoms with Crippen molar-refractivity contribution in [1.82, 2.24) is 0 Å². The van der Waals surface area contributed by atoms with Gasteiger partial charge >= 0.3 is 0 Å². The number of halogens is 1.